The number of ether oxygens (including phenoxy) is 1. The Morgan fingerprint density at radius 2 is 1.65 bits per heavy atom. The van der Waals surface area contributed by atoms with Crippen molar-refractivity contribution >= 4 is 45.6 Å². The van der Waals surface area contributed by atoms with E-state index in [1.165, 1.54) is 6.21 Å². The third kappa shape index (κ3) is 6.61. The van der Waals surface area contributed by atoms with Crippen molar-refractivity contribution in [2.45, 2.75) is 6.92 Å². The first-order chi connectivity index (χ1) is 14.9. The molecule has 0 saturated carbocycles. The Hall–Kier alpha value is -3.78. The molecule has 7 nitrogen and oxygen atoms in total. The lowest BCUT2D eigenvalue weighted by atomic mass is 10.2. The molecule has 3 rings (SSSR count). The van der Waals surface area contributed by atoms with Crippen molar-refractivity contribution in [3.63, 3.8) is 0 Å². The second-order valence-electron chi connectivity index (χ2n) is 6.49. The summed E-state index contributed by atoms with van der Waals surface area (Å²) >= 11 is 3.31. The standard InChI is InChI=1S/C23H18BrN3O4/c1-15-5-9-19(10-6-15)26-21(28)22(29)27-25-14-16-7-11-20(12-8-16)31-23(30)17-3-2-4-18(24)13-17/h2-14H,1H3,(H,26,28)(H,27,29)/b25-14+. The number of hydrazone groups is 1. The van der Waals surface area contributed by atoms with Crippen molar-refractivity contribution in [2.75, 3.05) is 5.32 Å². The van der Waals surface area contributed by atoms with Crippen molar-refractivity contribution in [3.05, 3.63) is 94.0 Å². The van der Waals surface area contributed by atoms with Crippen LogP contribution in [0, 0.1) is 6.92 Å². The van der Waals surface area contributed by atoms with Crippen LogP contribution in [-0.2, 0) is 9.59 Å². The van der Waals surface area contributed by atoms with Crippen LogP contribution in [-0.4, -0.2) is 24.0 Å². The lowest BCUT2D eigenvalue weighted by Crippen LogP contribution is -2.32. The minimum atomic E-state index is -0.892. The molecular formula is C23H18BrN3O4. The molecule has 0 bridgehead atoms. The van der Waals surface area contributed by atoms with Crippen LogP contribution in [0.3, 0.4) is 0 Å². The third-order valence-corrected chi connectivity index (χ3v) is 4.54. The Morgan fingerprint density at radius 3 is 2.32 bits per heavy atom. The number of aryl methyl sites for hydroxylation is 1. The molecule has 0 aliphatic rings. The fourth-order valence-electron chi connectivity index (χ4n) is 2.44. The molecule has 0 fully saturated rings. The molecule has 31 heavy (non-hydrogen) atoms. The van der Waals surface area contributed by atoms with E-state index in [0.717, 1.165) is 10.0 Å². The number of amides is 2. The third-order valence-electron chi connectivity index (χ3n) is 4.05. The fourth-order valence-corrected chi connectivity index (χ4v) is 2.84. The smallest absolute Gasteiger partial charge is 0.343 e. The maximum absolute atomic E-state index is 12.2. The number of esters is 1. The quantitative estimate of drug-likeness (QED) is 0.189. The molecule has 0 saturated heterocycles. The highest BCUT2D eigenvalue weighted by Gasteiger charge is 2.12. The largest absolute Gasteiger partial charge is 0.423 e. The van der Waals surface area contributed by atoms with Crippen LogP contribution >= 0.6 is 15.9 Å². The maximum Gasteiger partial charge on any atom is 0.343 e. The first-order valence-corrected chi connectivity index (χ1v) is 9.99. The Bertz CT molecular complexity index is 1130. The van der Waals surface area contributed by atoms with Gasteiger partial charge in [-0.15, -0.1) is 0 Å². The van der Waals surface area contributed by atoms with Crippen molar-refractivity contribution < 1.29 is 19.1 Å². The molecule has 0 radical (unpaired) electrons. The number of hydrogen-bond acceptors (Lipinski definition) is 5. The van der Waals surface area contributed by atoms with Gasteiger partial charge in [-0.05, 0) is 67.1 Å². The van der Waals surface area contributed by atoms with E-state index in [2.05, 4.69) is 31.8 Å². The summed E-state index contributed by atoms with van der Waals surface area (Å²) in [6.07, 6.45) is 1.37. The van der Waals surface area contributed by atoms with Gasteiger partial charge in [-0.1, -0.05) is 39.7 Å². The number of carbonyl (C=O) groups is 3. The summed E-state index contributed by atoms with van der Waals surface area (Å²) in [7, 11) is 0. The molecule has 156 valence electrons. The van der Waals surface area contributed by atoms with Crippen LogP contribution in [0.2, 0.25) is 0 Å². The molecule has 0 spiro atoms. The van der Waals surface area contributed by atoms with E-state index < -0.39 is 17.8 Å². The van der Waals surface area contributed by atoms with E-state index in [1.807, 2.05) is 25.1 Å². The number of hydrogen-bond donors (Lipinski definition) is 2. The molecule has 2 N–H and O–H groups in total. The average molecular weight is 480 g/mol. The molecule has 0 heterocycles. The molecular weight excluding hydrogens is 462 g/mol. The summed E-state index contributed by atoms with van der Waals surface area (Å²) in [5.41, 5.74) is 4.79. The van der Waals surface area contributed by atoms with Gasteiger partial charge in [-0.3, -0.25) is 9.59 Å². The van der Waals surface area contributed by atoms with Gasteiger partial charge >= 0.3 is 17.8 Å². The van der Waals surface area contributed by atoms with Crippen molar-refractivity contribution in [2.24, 2.45) is 5.10 Å². The highest BCUT2D eigenvalue weighted by Crippen LogP contribution is 2.16. The number of halogens is 1. The Morgan fingerprint density at radius 1 is 0.935 bits per heavy atom. The lowest BCUT2D eigenvalue weighted by Gasteiger charge is -2.05. The molecule has 0 unspecified atom stereocenters. The molecule has 0 aliphatic carbocycles. The second-order valence-corrected chi connectivity index (χ2v) is 7.40. The second kappa shape index (κ2) is 10.3. The summed E-state index contributed by atoms with van der Waals surface area (Å²) in [4.78, 5) is 35.9. The number of nitrogens with one attached hydrogen (secondary N) is 2. The summed E-state index contributed by atoms with van der Waals surface area (Å²) in [5.74, 6) is -1.83. The highest BCUT2D eigenvalue weighted by molar-refractivity contribution is 9.10. The predicted octanol–water partition coefficient (Wildman–Crippen LogP) is 4.07. The number of rotatable bonds is 5. The number of benzene rings is 3. The van der Waals surface area contributed by atoms with E-state index in [-0.39, 0.29) is 0 Å². The zero-order chi connectivity index (χ0) is 22.2. The lowest BCUT2D eigenvalue weighted by molar-refractivity contribution is -0.136. The minimum absolute atomic E-state index is 0.364. The van der Waals surface area contributed by atoms with E-state index in [4.69, 9.17) is 4.74 Å². The van der Waals surface area contributed by atoms with Gasteiger partial charge in [0.15, 0.2) is 0 Å². The van der Waals surface area contributed by atoms with Gasteiger partial charge in [0.05, 0.1) is 11.8 Å². The zero-order valence-corrected chi connectivity index (χ0v) is 18.0. The molecule has 3 aromatic rings. The Labute approximate surface area is 187 Å². The van der Waals surface area contributed by atoms with Gasteiger partial charge in [0.2, 0.25) is 0 Å². The number of carbonyl (C=O) groups excluding carboxylic acids is 3. The number of nitrogens with zero attached hydrogens (tertiary/aromatic N) is 1. The molecule has 0 aromatic heterocycles. The van der Waals surface area contributed by atoms with E-state index in [9.17, 15) is 14.4 Å². The van der Waals surface area contributed by atoms with Crippen molar-refractivity contribution in [1.29, 1.82) is 0 Å². The van der Waals surface area contributed by atoms with Crippen LogP contribution in [0.25, 0.3) is 0 Å². The van der Waals surface area contributed by atoms with E-state index in [0.29, 0.717) is 22.6 Å². The SMILES string of the molecule is Cc1ccc(NC(=O)C(=O)N/N=C/c2ccc(OC(=O)c3cccc(Br)c3)cc2)cc1. The first kappa shape index (κ1) is 21.9. The van der Waals surface area contributed by atoms with Crippen LogP contribution < -0.4 is 15.5 Å². The Balaban J connectivity index is 1.50. The monoisotopic (exact) mass is 479 g/mol. The van der Waals surface area contributed by atoms with E-state index >= 15 is 0 Å². The van der Waals surface area contributed by atoms with Crippen LogP contribution in [0.15, 0.2) is 82.4 Å². The summed E-state index contributed by atoms with van der Waals surface area (Å²) < 4.78 is 6.10. The van der Waals surface area contributed by atoms with Gasteiger partial charge in [-0.2, -0.15) is 5.10 Å². The Kier molecular flexibility index (Phi) is 7.29. The first-order valence-electron chi connectivity index (χ1n) is 9.19. The molecule has 8 heteroatoms. The van der Waals surface area contributed by atoms with Gasteiger partial charge in [0.1, 0.15) is 5.75 Å². The number of anilines is 1. The molecule has 3 aromatic carbocycles. The average Bonchev–Trinajstić information content (AvgIpc) is 2.76. The summed E-state index contributed by atoms with van der Waals surface area (Å²) in [6, 6.07) is 20.5. The molecule has 0 aliphatic heterocycles. The highest BCUT2D eigenvalue weighted by atomic mass is 79.9. The summed E-state index contributed by atoms with van der Waals surface area (Å²) in [5, 5.41) is 6.25. The van der Waals surface area contributed by atoms with Crippen molar-refractivity contribution in [3.8, 4) is 5.75 Å². The van der Waals surface area contributed by atoms with Crippen LogP contribution in [0.4, 0.5) is 5.69 Å². The van der Waals surface area contributed by atoms with Crippen molar-refractivity contribution in [1.82, 2.24) is 5.43 Å². The fraction of sp³-hybridized carbons (Fsp3) is 0.0435. The maximum atomic E-state index is 12.2. The zero-order valence-electron chi connectivity index (χ0n) is 16.5. The van der Waals surface area contributed by atoms with Gasteiger partial charge in [0, 0.05) is 10.2 Å². The minimum Gasteiger partial charge on any atom is -0.423 e. The van der Waals surface area contributed by atoms with Gasteiger partial charge < -0.3 is 10.1 Å². The molecule has 2 amide bonds. The van der Waals surface area contributed by atoms with Gasteiger partial charge in [-0.25, -0.2) is 10.2 Å². The normalized spacial score (nSPS) is 10.5. The van der Waals surface area contributed by atoms with E-state index in [1.54, 1.807) is 54.6 Å². The van der Waals surface area contributed by atoms with Crippen LogP contribution in [0.1, 0.15) is 21.5 Å². The molecule has 0 atom stereocenters. The predicted molar refractivity (Wildman–Crippen MR) is 121 cm³/mol. The van der Waals surface area contributed by atoms with Gasteiger partial charge in [0.25, 0.3) is 0 Å². The topological polar surface area (TPSA) is 96.9 Å². The van der Waals surface area contributed by atoms with Crippen LogP contribution in [0.5, 0.6) is 5.75 Å². The summed E-state index contributed by atoms with van der Waals surface area (Å²) in [6.45, 7) is 1.92.